The Hall–Kier alpha value is -1.17. The van der Waals surface area contributed by atoms with E-state index in [1.165, 1.54) is 0 Å². The fourth-order valence-electron chi connectivity index (χ4n) is 2.13. The average molecular weight is 287 g/mol. The van der Waals surface area contributed by atoms with Crippen LogP contribution in [-0.4, -0.2) is 23.3 Å². The van der Waals surface area contributed by atoms with Crippen molar-refractivity contribution in [2.75, 3.05) is 0 Å². The van der Waals surface area contributed by atoms with Crippen LogP contribution in [0.5, 0.6) is 0 Å². The minimum absolute atomic E-state index is 0.300. The molecule has 1 aromatic heterocycles. The summed E-state index contributed by atoms with van der Waals surface area (Å²) in [6.07, 6.45) is 1.82. The number of hydrogen-bond donors (Lipinski definition) is 0. The predicted octanol–water partition coefficient (Wildman–Crippen LogP) is 3.11. The highest BCUT2D eigenvalue weighted by Crippen LogP contribution is 2.36. The summed E-state index contributed by atoms with van der Waals surface area (Å²) in [6, 6.07) is 8.25. The average Bonchev–Trinajstić information content (AvgIpc) is 2.97. The van der Waals surface area contributed by atoms with E-state index in [1.54, 1.807) is 11.3 Å². The highest BCUT2D eigenvalue weighted by Gasteiger charge is 2.51. The summed E-state index contributed by atoms with van der Waals surface area (Å²) in [7, 11) is -0.301. The van der Waals surface area contributed by atoms with E-state index >= 15 is 0 Å². The standard InChI is InChI=1S/C15H18BNO2S/c1-14(2)15(3,4)19-16(18-14)12-7-5-11(6-8-12)13-17-9-10-20-13/h5-10H,1-4H3. The molecular weight excluding hydrogens is 269 g/mol. The van der Waals surface area contributed by atoms with E-state index in [-0.39, 0.29) is 18.3 Å². The van der Waals surface area contributed by atoms with Crippen LogP contribution in [0.4, 0.5) is 0 Å². The molecule has 0 amide bonds. The van der Waals surface area contributed by atoms with Crippen LogP contribution in [0.1, 0.15) is 27.7 Å². The molecule has 0 radical (unpaired) electrons. The molecule has 1 fully saturated rings. The van der Waals surface area contributed by atoms with Gasteiger partial charge in [0.25, 0.3) is 0 Å². The van der Waals surface area contributed by atoms with Crippen molar-refractivity contribution in [1.29, 1.82) is 0 Å². The second-order valence-electron chi connectivity index (χ2n) is 6.05. The van der Waals surface area contributed by atoms with Crippen molar-refractivity contribution in [2.45, 2.75) is 38.9 Å². The van der Waals surface area contributed by atoms with Gasteiger partial charge in [-0.05, 0) is 33.2 Å². The Bertz CT molecular complexity index is 577. The van der Waals surface area contributed by atoms with E-state index in [4.69, 9.17) is 9.31 Å². The van der Waals surface area contributed by atoms with Crippen molar-refractivity contribution in [1.82, 2.24) is 4.98 Å². The molecule has 0 aliphatic carbocycles. The molecule has 104 valence electrons. The van der Waals surface area contributed by atoms with Crippen molar-refractivity contribution in [3.63, 3.8) is 0 Å². The summed E-state index contributed by atoms with van der Waals surface area (Å²) >= 11 is 1.64. The van der Waals surface area contributed by atoms with Gasteiger partial charge in [0.05, 0.1) is 11.2 Å². The third-order valence-corrected chi connectivity index (χ3v) is 4.94. The van der Waals surface area contributed by atoms with Crippen molar-refractivity contribution in [3.05, 3.63) is 35.8 Å². The molecule has 1 aliphatic rings. The van der Waals surface area contributed by atoms with Crippen molar-refractivity contribution >= 4 is 23.9 Å². The fourth-order valence-corrected chi connectivity index (χ4v) is 2.77. The Morgan fingerprint density at radius 3 is 2.10 bits per heavy atom. The van der Waals surface area contributed by atoms with Crippen LogP contribution in [0.3, 0.4) is 0 Å². The molecule has 0 bridgehead atoms. The van der Waals surface area contributed by atoms with E-state index in [2.05, 4.69) is 56.9 Å². The molecule has 0 atom stereocenters. The Balaban J connectivity index is 1.83. The second kappa shape index (κ2) is 4.69. The minimum Gasteiger partial charge on any atom is -0.399 e. The van der Waals surface area contributed by atoms with Crippen molar-refractivity contribution in [2.24, 2.45) is 0 Å². The van der Waals surface area contributed by atoms with Crippen LogP contribution in [-0.2, 0) is 9.31 Å². The molecule has 1 aliphatic heterocycles. The van der Waals surface area contributed by atoms with Crippen LogP contribution < -0.4 is 5.46 Å². The van der Waals surface area contributed by atoms with E-state index in [0.29, 0.717) is 0 Å². The largest absolute Gasteiger partial charge is 0.494 e. The molecule has 2 heterocycles. The van der Waals surface area contributed by atoms with Gasteiger partial charge in [-0.2, -0.15) is 0 Å². The molecule has 20 heavy (non-hydrogen) atoms. The quantitative estimate of drug-likeness (QED) is 0.795. The lowest BCUT2D eigenvalue weighted by atomic mass is 9.79. The summed E-state index contributed by atoms with van der Waals surface area (Å²) in [5.41, 5.74) is 1.57. The van der Waals surface area contributed by atoms with Crippen LogP contribution in [0.15, 0.2) is 35.8 Å². The molecule has 3 nitrogen and oxygen atoms in total. The van der Waals surface area contributed by atoms with Gasteiger partial charge in [0.1, 0.15) is 5.01 Å². The molecule has 3 rings (SSSR count). The topological polar surface area (TPSA) is 31.4 Å². The molecule has 0 saturated carbocycles. The molecule has 0 N–H and O–H groups in total. The van der Waals surface area contributed by atoms with Crippen LogP contribution in [0, 0.1) is 0 Å². The summed E-state index contributed by atoms with van der Waals surface area (Å²) in [5.74, 6) is 0. The molecule has 1 saturated heterocycles. The maximum Gasteiger partial charge on any atom is 0.494 e. The maximum atomic E-state index is 6.05. The zero-order chi connectivity index (χ0) is 14.4. The summed E-state index contributed by atoms with van der Waals surface area (Å²) in [5, 5.41) is 3.02. The Morgan fingerprint density at radius 1 is 1.00 bits per heavy atom. The highest BCUT2D eigenvalue weighted by atomic mass is 32.1. The number of aromatic nitrogens is 1. The van der Waals surface area contributed by atoms with Gasteiger partial charge in [-0.1, -0.05) is 24.3 Å². The highest BCUT2D eigenvalue weighted by molar-refractivity contribution is 7.13. The molecule has 0 spiro atoms. The van der Waals surface area contributed by atoms with Gasteiger partial charge in [0.2, 0.25) is 0 Å². The first-order valence-electron chi connectivity index (χ1n) is 6.74. The molecule has 0 unspecified atom stereocenters. The zero-order valence-electron chi connectivity index (χ0n) is 12.2. The number of nitrogens with zero attached hydrogens (tertiary/aromatic N) is 1. The Morgan fingerprint density at radius 2 is 1.60 bits per heavy atom. The third-order valence-electron chi connectivity index (χ3n) is 4.12. The van der Waals surface area contributed by atoms with Gasteiger partial charge in [0, 0.05) is 17.1 Å². The lowest BCUT2D eigenvalue weighted by Gasteiger charge is -2.32. The van der Waals surface area contributed by atoms with Crippen LogP contribution >= 0.6 is 11.3 Å². The zero-order valence-corrected chi connectivity index (χ0v) is 13.0. The van der Waals surface area contributed by atoms with E-state index in [0.717, 1.165) is 16.0 Å². The van der Waals surface area contributed by atoms with Gasteiger partial charge in [-0.25, -0.2) is 4.98 Å². The monoisotopic (exact) mass is 287 g/mol. The van der Waals surface area contributed by atoms with Gasteiger partial charge >= 0.3 is 7.12 Å². The molecule has 5 heteroatoms. The lowest BCUT2D eigenvalue weighted by Crippen LogP contribution is -2.41. The lowest BCUT2D eigenvalue weighted by molar-refractivity contribution is 0.00578. The van der Waals surface area contributed by atoms with Crippen molar-refractivity contribution < 1.29 is 9.31 Å². The smallest absolute Gasteiger partial charge is 0.399 e. The minimum atomic E-state index is -0.301. The normalized spacial score (nSPS) is 20.3. The molecule has 1 aromatic carbocycles. The first-order valence-corrected chi connectivity index (χ1v) is 7.62. The number of thiazole rings is 1. The summed E-state index contributed by atoms with van der Waals surface area (Å²) in [4.78, 5) is 4.32. The number of hydrogen-bond acceptors (Lipinski definition) is 4. The predicted molar refractivity (Wildman–Crippen MR) is 83.3 cm³/mol. The Labute approximate surface area is 124 Å². The number of rotatable bonds is 2. The SMILES string of the molecule is CC1(C)OB(c2ccc(-c3nccs3)cc2)OC1(C)C. The first-order chi connectivity index (χ1) is 9.39. The Kier molecular flexibility index (Phi) is 3.24. The van der Waals surface area contributed by atoms with Gasteiger partial charge in [-0.3, -0.25) is 0 Å². The van der Waals surface area contributed by atoms with E-state index in [9.17, 15) is 0 Å². The molecular formula is C15H18BNO2S. The number of benzene rings is 1. The van der Waals surface area contributed by atoms with Crippen LogP contribution in [0.2, 0.25) is 0 Å². The van der Waals surface area contributed by atoms with E-state index < -0.39 is 0 Å². The fraction of sp³-hybridized carbons (Fsp3) is 0.400. The summed E-state index contributed by atoms with van der Waals surface area (Å²) < 4.78 is 12.1. The van der Waals surface area contributed by atoms with Gasteiger partial charge in [0.15, 0.2) is 0 Å². The van der Waals surface area contributed by atoms with Crippen LogP contribution in [0.25, 0.3) is 10.6 Å². The maximum absolute atomic E-state index is 6.05. The van der Waals surface area contributed by atoms with E-state index in [1.807, 2.05) is 11.6 Å². The third kappa shape index (κ3) is 2.30. The van der Waals surface area contributed by atoms with Gasteiger partial charge in [-0.15, -0.1) is 11.3 Å². The first kappa shape index (κ1) is 13.8. The summed E-state index contributed by atoms with van der Waals surface area (Å²) in [6.45, 7) is 8.27. The molecule has 2 aromatic rings. The van der Waals surface area contributed by atoms with Gasteiger partial charge < -0.3 is 9.31 Å². The van der Waals surface area contributed by atoms with Crippen molar-refractivity contribution in [3.8, 4) is 10.6 Å². The second-order valence-corrected chi connectivity index (χ2v) is 6.94.